The number of halogens is 1. The van der Waals surface area contributed by atoms with Crippen molar-refractivity contribution in [3.63, 3.8) is 0 Å². The molecule has 3 aliphatic rings. The molecule has 2 heterocycles. The summed E-state index contributed by atoms with van der Waals surface area (Å²) in [5.41, 5.74) is 13.8. The number of nitrogens with one attached hydrogen (secondary N) is 1. The summed E-state index contributed by atoms with van der Waals surface area (Å²) >= 11 is 5.64. The van der Waals surface area contributed by atoms with Crippen molar-refractivity contribution in [1.29, 1.82) is 0 Å². The van der Waals surface area contributed by atoms with Gasteiger partial charge in [0.15, 0.2) is 0 Å². The lowest BCUT2D eigenvalue weighted by molar-refractivity contribution is -0.0692. The number of alkyl halides is 1. The molecular formula is C24H28ClN5O3S. The van der Waals surface area contributed by atoms with Crippen LogP contribution in [0.5, 0.6) is 11.5 Å². The van der Waals surface area contributed by atoms with E-state index in [1.54, 1.807) is 6.34 Å². The van der Waals surface area contributed by atoms with Gasteiger partial charge in [0, 0.05) is 30.5 Å². The molecule has 0 aromatic heterocycles. The van der Waals surface area contributed by atoms with Crippen LogP contribution in [0, 0.1) is 11.3 Å². The molecular weight excluding hydrogens is 474 g/mol. The van der Waals surface area contributed by atoms with Gasteiger partial charge in [-0.15, -0.1) is 11.6 Å². The van der Waals surface area contributed by atoms with E-state index < -0.39 is 15.7 Å². The molecule has 8 nitrogen and oxygen atoms in total. The van der Waals surface area contributed by atoms with E-state index in [1.807, 2.05) is 54.6 Å². The summed E-state index contributed by atoms with van der Waals surface area (Å²) in [7, 11) is -3.28. The number of rotatable bonds is 7. The van der Waals surface area contributed by atoms with Gasteiger partial charge in [-0.25, -0.2) is 17.7 Å². The number of nitrogens with zero attached hydrogens (tertiary/aromatic N) is 2. The highest BCUT2D eigenvalue weighted by atomic mass is 35.5. The molecule has 0 bridgehead atoms. The molecule has 0 amide bonds. The zero-order valence-corrected chi connectivity index (χ0v) is 20.2. The first-order chi connectivity index (χ1) is 16.2. The van der Waals surface area contributed by atoms with E-state index >= 15 is 0 Å². The molecule has 1 saturated carbocycles. The third-order valence-electron chi connectivity index (χ3n) is 7.02. The van der Waals surface area contributed by atoms with E-state index in [1.165, 1.54) is 4.31 Å². The number of para-hydroxylation sites is 1. The van der Waals surface area contributed by atoms with Crippen LogP contribution >= 0.6 is 11.6 Å². The zero-order valence-electron chi connectivity index (χ0n) is 18.7. The Kier molecular flexibility index (Phi) is 5.84. The highest BCUT2D eigenvalue weighted by Gasteiger charge is 2.60. The number of sulfonamides is 1. The van der Waals surface area contributed by atoms with Crippen molar-refractivity contribution < 1.29 is 13.2 Å². The van der Waals surface area contributed by atoms with Crippen molar-refractivity contribution in [3.05, 3.63) is 66.0 Å². The van der Waals surface area contributed by atoms with Crippen LogP contribution in [0.3, 0.4) is 0 Å². The lowest BCUT2D eigenvalue weighted by Gasteiger charge is -2.61. The molecule has 0 radical (unpaired) electrons. The van der Waals surface area contributed by atoms with Gasteiger partial charge in [-0.2, -0.15) is 0 Å². The van der Waals surface area contributed by atoms with Crippen molar-refractivity contribution in [2.45, 2.75) is 18.5 Å². The van der Waals surface area contributed by atoms with Crippen molar-refractivity contribution in [3.8, 4) is 11.5 Å². The van der Waals surface area contributed by atoms with Gasteiger partial charge < -0.3 is 21.5 Å². The number of hydrogen-bond donors (Lipinski definition) is 3. The van der Waals surface area contributed by atoms with Crippen LogP contribution in [-0.4, -0.2) is 49.4 Å². The molecule has 1 aliphatic carbocycles. The minimum absolute atomic E-state index is 0.0295. The van der Waals surface area contributed by atoms with Crippen molar-refractivity contribution >= 4 is 33.5 Å². The van der Waals surface area contributed by atoms with E-state index in [0.29, 0.717) is 24.7 Å². The van der Waals surface area contributed by atoms with Crippen molar-refractivity contribution in [2.24, 2.45) is 27.8 Å². The maximum atomic E-state index is 12.3. The SMILES string of the molecule is NC1=C(c2ccc(Oc3ccccc3)cc2)C(N)(C2CC3(C2)CN(S(=O)(=O)CCCl)C3)N=CN1. The zero-order chi connectivity index (χ0) is 24.0. The summed E-state index contributed by atoms with van der Waals surface area (Å²) in [6.45, 7) is 1.03. The van der Waals surface area contributed by atoms with E-state index in [9.17, 15) is 8.42 Å². The van der Waals surface area contributed by atoms with Crippen LogP contribution in [0.1, 0.15) is 18.4 Å². The fourth-order valence-electron chi connectivity index (χ4n) is 5.25. The van der Waals surface area contributed by atoms with E-state index in [0.717, 1.165) is 29.7 Å². The highest BCUT2D eigenvalue weighted by Crippen LogP contribution is 2.58. The van der Waals surface area contributed by atoms with Crippen molar-refractivity contribution in [1.82, 2.24) is 9.62 Å². The normalized spacial score (nSPS) is 24.4. The minimum atomic E-state index is -3.28. The molecule has 10 heteroatoms. The van der Waals surface area contributed by atoms with Gasteiger partial charge in [-0.3, -0.25) is 0 Å². The quantitative estimate of drug-likeness (QED) is 0.501. The molecule has 1 unspecified atom stereocenters. The molecule has 180 valence electrons. The van der Waals surface area contributed by atoms with E-state index in [2.05, 4.69) is 10.3 Å². The molecule has 1 saturated heterocycles. The maximum Gasteiger partial charge on any atom is 0.215 e. The topological polar surface area (TPSA) is 123 Å². The van der Waals surface area contributed by atoms with Gasteiger partial charge in [-0.1, -0.05) is 30.3 Å². The average molecular weight is 502 g/mol. The Bertz CT molecular complexity index is 1220. The predicted octanol–water partition coefficient (Wildman–Crippen LogP) is 2.67. The Morgan fingerprint density at radius 3 is 2.38 bits per heavy atom. The fourth-order valence-corrected chi connectivity index (χ4v) is 7.23. The van der Waals surface area contributed by atoms with Gasteiger partial charge in [0.05, 0.1) is 12.1 Å². The predicted molar refractivity (Wildman–Crippen MR) is 134 cm³/mol. The molecule has 2 aromatic carbocycles. The number of benzene rings is 2. The first-order valence-electron chi connectivity index (χ1n) is 11.2. The van der Waals surface area contributed by atoms with Gasteiger partial charge in [0.25, 0.3) is 0 Å². The number of nitrogens with two attached hydrogens (primary N) is 2. The minimum Gasteiger partial charge on any atom is -0.457 e. The summed E-state index contributed by atoms with van der Waals surface area (Å²) in [5.74, 6) is 2.06. The first kappa shape index (κ1) is 23.2. The van der Waals surface area contributed by atoms with Crippen LogP contribution in [0.2, 0.25) is 0 Å². The summed E-state index contributed by atoms with van der Waals surface area (Å²) < 4.78 is 31.9. The number of ether oxygens (including phenoxy) is 1. The molecule has 2 aromatic rings. The molecule has 1 spiro atoms. The fraction of sp³-hybridized carbons (Fsp3) is 0.375. The van der Waals surface area contributed by atoms with Gasteiger partial charge >= 0.3 is 0 Å². The largest absolute Gasteiger partial charge is 0.457 e. The van der Waals surface area contributed by atoms with E-state index in [4.69, 9.17) is 27.8 Å². The Balaban J connectivity index is 1.31. The Hall–Kier alpha value is -2.59. The lowest BCUT2D eigenvalue weighted by atomic mass is 9.54. The first-order valence-corrected chi connectivity index (χ1v) is 13.4. The molecule has 2 fully saturated rings. The Morgan fingerprint density at radius 2 is 1.74 bits per heavy atom. The lowest BCUT2D eigenvalue weighted by Crippen LogP contribution is -2.68. The van der Waals surface area contributed by atoms with Gasteiger partial charge in [0.2, 0.25) is 10.0 Å². The van der Waals surface area contributed by atoms with Crippen LogP contribution in [0.15, 0.2) is 65.4 Å². The second kappa shape index (κ2) is 8.57. The molecule has 5 N–H and O–H groups in total. The molecule has 5 rings (SSSR count). The standard InChI is InChI=1S/C24H28ClN5O3S/c25-10-11-34(31,32)30-14-23(15-30)12-18(13-23)24(27)21(22(26)28-16-29-24)17-6-8-20(9-7-17)33-19-4-2-1-3-5-19/h1-9,16,18H,10-15,26-27H2,(H,28,29). The van der Waals surface area contributed by atoms with Crippen LogP contribution in [-0.2, 0) is 10.0 Å². The Labute approximate surface area is 204 Å². The summed E-state index contributed by atoms with van der Waals surface area (Å²) in [6.07, 6.45) is 3.13. The summed E-state index contributed by atoms with van der Waals surface area (Å²) in [4.78, 5) is 4.63. The Morgan fingerprint density at radius 1 is 1.09 bits per heavy atom. The highest BCUT2D eigenvalue weighted by molar-refractivity contribution is 7.89. The summed E-state index contributed by atoms with van der Waals surface area (Å²) in [6, 6.07) is 17.2. The van der Waals surface area contributed by atoms with Crippen LogP contribution in [0.4, 0.5) is 0 Å². The third kappa shape index (κ3) is 4.07. The molecule has 1 atom stereocenters. The van der Waals surface area contributed by atoms with Crippen molar-refractivity contribution in [2.75, 3.05) is 24.7 Å². The van der Waals surface area contributed by atoms with E-state index in [-0.39, 0.29) is 23.0 Å². The summed E-state index contributed by atoms with van der Waals surface area (Å²) in [5, 5.41) is 2.99. The van der Waals surface area contributed by atoms with Gasteiger partial charge in [0.1, 0.15) is 23.0 Å². The number of aliphatic imine (C=N–C) groups is 1. The second-order valence-electron chi connectivity index (χ2n) is 9.33. The second-order valence-corrected chi connectivity index (χ2v) is 11.8. The van der Waals surface area contributed by atoms with Crippen LogP contribution in [0.25, 0.3) is 5.57 Å². The molecule has 2 aliphatic heterocycles. The smallest absolute Gasteiger partial charge is 0.215 e. The maximum absolute atomic E-state index is 12.3. The van der Waals surface area contributed by atoms with Gasteiger partial charge in [-0.05, 0) is 48.1 Å². The monoisotopic (exact) mass is 501 g/mol. The molecule has 34 heavy (non-hydrogen) atoms. The number of hydrogen-bond acceptors (Lipinski definition) is 7. The van der Waals surface area contributed by atoms with Crippen LogP contribution < -0.4 is 21.5 Å². The third-order valence-corrected chi connectivity index (χ3v) is 9.20. The average Bonchev–Trinajstić information content (AvgIpc) is 2.73.